The molecular formula is C27H50N2O4. The van der Waals surface area contributed by atoms with E-state index in [2.05, 4.69) is 20.8 Å². The van der Waals surface area contributed by atoms with Crippen LogP contribution in [0.25, 0.3) is 0 Å². The molecule has 0 saturated carbocycles. The van der Waals surface area contributed by atoms with Crippen LogP contribution in [-0.2, 0) is 19.1 Å². The van der Waals surface area contributed by atoms with Crippen molar-refractivity contribution in [3.63, 3.8) is 0 Å². The summed E-state index contributed by atoms with van der Waals surface area (Å²) in [7, 11) is 3.45. The number of Topliss-reactive ketones (excluding diaryl/α,β-unsaturated/α-hetero) is 1. The molecule has 0 aromatic carbocycles. The van der Waals surface area contributed by atoms with Crippen molar-refractivity contribution >= 4 is 17.6 Å². The number of carbonyl (C=O) groups excluding carboxylic acids is 3. The van der Waals surface area contributed by atoms with Gasteiger partial charge in [-0.25, -0.2) is 0 Å². The van der Waals surface area contributed by atoms with Crippen molar-refractivity contribution in [2.45, 2.75) is 106 Å². The third-order valence-electron chi connectivity index (χ3n) is 8.01. The first kappa shape index (κ1) is 29.6. The van der Waals surface area contributed by atoms with Gasteiger partial charge in [0.15, 0.2) is 0 Å². The summed E-state index contributed by atoms with van der Waals surface area (Å²) < 4.78 is 5.85. The van der Waals surface area contributed by atoms with Crippen LogP contribution < -0.4 is 0 Å². The zero-order valence-electron chi connectivity index (χ0n) is 22.9. The number of carbonyl (C=O) groups is 3. The Morgan fingerprint density at radius 2 is 1.64 bits per heavy atom. The fourth-order valence-electron chi connectivity index (χ4n) is 4.97. The molecule has 0 aromatic rings. The highest BCUT2D eigenvalue weighted by Gasteiger charge is 2.39. The molecule has 6 unspecified atom stereocenters. The normalized spacial score (nSPS) is 21.1. The van der Waals surface area contributed by atoms with Crippen LogP contribution in [0.4, 0.5) is 0 Å². The summed E-state index contributed by atoms with van der Waals surface area (Å²) >= 11 is 0. The van der Waals surface area contributed by atoms with E-state index < -0.39 is 0 Å². The number of nitrogens with zero attached hydrogens (tertiary/aromatic N) is 2. The summed E-state index contributed by atoms with van der Waals surface area (Å²) in [6.07, 6.45) is 3.09. The molecule has 33 heavy (non-hydrogen) atoms. The van der Waals surface area contributed by atoms with E-state index in [9.17, 15) is 14.4 Å². The molecule has 0 aromatic heterocycles. The number of hydrogen-bond acceptors (Lipinski definition) is 4. The molecular weight excluding hydrogens is 416 g/mol. The number of likely N-dealkylation sites (N-methyl/N-ethyl adjacent to an activating group) is 1. The maximum Gasteiger partial charge on any atom is 0.226 e. The van der Waals surface area contributed by atoms with Gasteiger partial charge in [0.25, 0.3) is 0 Å². The van der Waals surface area contributed by atoms with Gasteiger partial charge in [-0.15, -0.1) is 0 Å². The van der Waals surface area contributed by atoms with Gasteiger partial charge in [0.2, 0.25) is 11.8 Å². The Labute approximate surface area is 202 Å². The monoisotopic (exact) mass is 466 g/mol. The summed E-state index contributed by atoms with van der Waals surface area (Å²) in [5.41, 5.74) is 0. The summed E-state index contributed by atoms with van der Waals surface area (Å²) in [4.78, 5) is 43.4. The second-order valence-corrected chi connectivity index (χ2v) is 10.9. The standard InChI is InChI=1S/C27H50N2O4/c1-11-19(6)26(24(33-10)16-25(31)29-14-12-13-20(29)7)28(9)27(32)22(18(4)5)15-23(30)21(8)17(2)3/h17-22,24,26H,11-16H2,1-10H3. The van der Waals surface area contributed by atoms with Gasteiger partial charge < -0.3 is 14.5 Å². The van der Waals surface area contributed by atoms with E-state index >= 15 is 0 Å². The molecule has 6 heteroatoms. The number of ether oxygens (including phenoxy) is 1. The second-order valence-electron chi connectivity index (χ2n) is 10.9. The third-order valence-corrected chi connectivity index (χ3v) is 8.01. The van der Waals surface area contributed by atoms with Crippen molar-refractivity contribution in [1.29, 1.82) is 0 Å². The predicted molar refractivity (Wildman–Crippen MR) is 134 cm³/mol. The molecule has 1 aliphatic rings. The average Bonchev–Trinajstić information content (AvgIpc) is 3.20. The smallest absolute Gasteiger partial charge is 0.226 e. The van der Waals surface area contributed by atoms with Gasteiger partial charge in [0.05, 0.1) is 18.6 Å². The van der Waals surface area contributed by atoms with Crippen molar-refractivity contribution in [3.8, 4) is 0 Å². The largest absolute Gasteiger partial charge is 0.379 e. The van der Waals surface area contributed by atoms with Gasteiger partial charge in [-0.3, -0.25) is 14.4 Å². The molecule has 2 amide bonds. The molecule has 1 fully saturated rings. The first-order chi connectivity index (χ1) is 15.4. The minimum atomic E-state index is -0.382. The van der Waals surface area contributed by atoms with E-state index in [-0.39, 0.29) is 78.2 Å². The molecule has 0 spiro atoms. The van der Waals surface area contributed by atoms with Crippen LogP contribution in [0, 0.1) is 29.6 Å². The van der Waals surface area contributed by atoms with Crippen molar-refractivity contribution < 1.29 is 19.1 Å². The Morgan fingerprint density at radius 3 is 2.06 bits per heavy atom. The number of likely N-dealkylation sites (tertiary alicyclic amines) is 1. The SMILES string of the molecule is CCC(C)C(C(CC(=O)N1CCCC1C)OC)N(C)C(=O)C(CC(=O)C(C)C(C)C)C(C)C. The molecule has 1 rings (SSSR count). The molecule has 6 nitrogen and oxygen atoms in total. The van der Waals surface area contributed by atoms with Crippen LogP contribution in [0.15, 0.2) is 0 Å². The van der Waals surface area contributed by atoms with Crippen LogP contribution >= 0.6 is 0 Å². The van der Waals surface area contributed by atoms with E-state index in [0.717, 1.165) is 25.8 Å². The van der Waals surface area contributed by atoms with Gasteiger partial charge in [0, 0.05) is 45.0 Å². The highest BCUT2D eigenvalue weighted by Crippen LogP contribution is 2.29. The molecule has 0 radical (unpaired) electrons. The fourth-order valence-corrected chi connectivity index (χ4v) is 4.97. The number of hydrogen-bond donors (Lipinski definition) is 0. The van der Waals surface area contributed by atoms with Crippen LogP contribution in [0.1, 0.15) is 87.5 Å². The summed E-state index contributed by atoms with van der Waals surface area (Å²) in [5.74, 6) is 0.240. The molecule has 6 atom stereocenters. The van der Waals surface area contributed by atoms with Crippen LogP contribution in [-0.4, -0.2) is 66.3 Å². The van der Waals surface area contributed by atoms with Crippen LogP contribution in [0.5, 0.6) is 0 Å². The third kappa shape index (κ3) is 7.80. The maximum atomic E-state index is 13.7. The number of amides is 2. The predicted octanol–water partition coefficient (Wildman–Crippen LogP) is 4.80. The molecule has 0 N–H and O–H groups in total. The first-order valence-corrected chi connectivity index (χ1v) is 13.0. The maximum absolute atomic E-state index is 13.7. The molecule has 1 aliphatic heterocycles. The van der Waals surface area contributed by atoms with Gasteiger partial charge in [-0.1, -0.05) is 54.9 Å². The lowest BCUT2D eigenvalue weighted by molar-refractivity contribution is -0.148. The lowest BCUT2D eigenvalue weighted by Crippen LogP contribution is -2.53. The minimum absolute atomic E-state index is 0.0244. The Balaban J connectivity index is 3.10. The summed E-state index contributed by atoms with van der Waals surface area (Å²) in [6.45, 7) is 17.2. The fraction of sp³-hybridized carbons (Fsp3) is 0.889. The van der Waals surface area contributed by atoms with Crippen molar-refractivity contribution in [3.05, 3.63) is 0 Å². The number of rotatable bonds is 13. The lowest BCUT2D eigenvalue weighted by Gasteiger charge is -2.40. The number of methoxy groups -OCH3 is 1. The van der Waals surface area contributed by atoms with E-state index in [1.807, 2.05) is 46.6 Å². The minimum Gasteiger partial charge on any atom is -0.379 e. The molecule has 0 bridgehead atoms. The Morgan fingerprint density at radius 1 is 1.03 bits per heavy atom. The molecule has 1 heterocycles. The van der Waals surface area contributed by atoms with Crippen molar-refractivity contribution in [1.82, 2.24) is 9.80 Å². The molecule has 1 saturated heterocycles. The quantitative estimate of drug-likeness (QED) is 0.391. The van der Waals surface area contributed by atoms with Crippen molar-refractivity contribution in [2.75, 3.05) is 20.7 Å². The highest BCUT2D eigenvalue weighted by atomic mass is 16.5. The van der Waals surface area contributed by atoms with Crippen LogP contribution in [0.3, 0.4) is 0 Å². The lowest BCUT2D eigenvalue weighted by atomic mass is 9.82. The van der Waals surface area contributed by atoms with E-state index in [0.29, 0.717) is 0 Å². The Hall–Kier alpha value is -1.43. The van der Waals surface area contributed by atoms with Crippen LogP contribution in [0.2, 0.25) is 0 Å². The topological polar surface area (TPSA) is 66.9 Å². The molecule has 192 valence electrons. The zero-order chi connectivity index (χ0) is 25.5. The zero-order valence-corrected chi connectivity index (χ0v) is 22.9. The Kier molecular flexibility index (Phi) is 12.1. The summed E-state index contributed by atoms with van der Waals surface area (Å²) in [5, 5.41) is 0. The van der Waals surface area contributed by atoms with Gasteiger partial charge in [0.1, 0.15) is 5.78 Å². The van der Waals surface area contributed by atoms with Gasteiger partial charge >= 0.3 is 0 Å². The van der Waals surface area contributed by atoms with E-state index in [1.165, 1.54) is 0 Å². The van der Waals surface area contributed by atoms with Gasteiger partial charge in [-0.05, 0) is 37.5 Å². The van der Waals surface area contributed by atoms with Crippen molar-refractivity contribution in [2.24, 2.45) is 29.6 Å². The number of ketones is 1. The first-order valence-electron chi connectivity index (χ1n) is 13.0. The van der Waals surface area contributed by atoms with Gasteiger partial charge in [-0.2, -0.15) is 0 Å². The average molecular weight is 467 g/mol. The highest BCUT2D eigenvalue weighted by molar-refractivity contribution is 5.88. The molecule has 0 aliphatic carbocycles. The second kappa shape index (κ2) is 13.5. The summed E-state index contributed by atoms with van der Waals surface area (Å²) in [6, 6.07) is 0.0314. The van der Waals surface area contributed by atoms with E-state index in [1.54, 1.807) is 12.0 Å². The van der Waals surface area contributed by atoms with E-state index in [4.69, 9.17) is 4.74 Å². The Bertz CT molecular complexity index is 648.